The van der Waals surface area contributed by atoms with E-state index in [1.165, 1.54) is 25.0 Å². The number of rotatable bonds is 8. The molecule has 1 N–H and O–H groups in total. The van der Waals surface area contributed by atoms with Gasteiger partial charge >= 0.3 is 0 Å². The molecule has 4 heterocycles. The molecule has 2 bridgehead atoms. The van der Waals surface area contributed by atoms with Crippen molar-refractivity contribution in [3.63, 3.8) is 0 Å². The predicted molar refractivity (Wildman–Crippen MR) is 149 cm³/mol. The Labute approximate surface area is 229 Å². The second-order valence-corrected chi connectivity index (χ2v) is 11.5. The Hall–Kier alpha value is -3.26. The maximum absolute atomic E-state index is 13.8. The Kier molecular flexibility index (Phi) is 7.14. The second-order valence-electron chi connectivity index (χ2n) is 11.5. The molecule has 3 aromatic rings. The van der Waals surface area contributed by atoms with Gasteiger partial charge in [0.15, 0.2) is 0 Å². The van der Waals surface area contributed by atoms with Crippen LogP contribution in [0.2, 0.25) is 0 Å². The van der Waals surface area contributed by atoms with Gasteiger partial charge in [0.25, 0.3) is 0 Å². The highest BCUT2D eigenvalue weighted by molar-refractivity contribution is 5.84. The fourth-order valence-electron chi connectivity index (χ4n) is 7.12. The van der Waals surface area contributed by atoms with Crippen molar-refractivity contribution in [1.82, 2.24) is 24.7 Å². The number of carbonyl (C=O) groups is 2. The third kappa shape index (κ3) is 5.07. The van der Waals surface area contributed by atoms with E-state index in [0.29, 0.717) is 37.6 Å². The first-order chi connectivity index (χ1) is 18.9. The van der Waals surface area contributed by atoms with E-state index in [4.69, 9.17) is 0 Å². The van der Waals surface area contributed by atoms with Crippen LogP contribution in [0, 0.1) is 18.7 Å². The molecule has 39 heavy (non-hydrogen) atoms. The molecule has 6 rings (SSSR count). The summed E-state index contributed by atoms with van der Waals surface area (Å²) in [5, 5.41) is 3.32. The van der Waals surface area contributed by atoms with Gasteiger partial charge in [0.2, 0.25) is 11.8 Å². The minimum Gasteiger partial charge on any atom is -0.349 e. The fourth-order valence-corrected chi connectivity index (χ4v) is 7.12. The molecular weight excluding hydrogens is 493 g/mol. The number of hydrogen-bond acceptors (Lipinski definition) is 4. The van der Waals surface area contributed by atoms with Crippen LogP contribution in [-0.2, 0) is 9.59 Å². The first-order valence-electron chi connectivity index (χ1n) is 14.4. The van der Waals surface area contributed by atoms with Gasteiger partial charge in [-0.2, -0.15) is 0 Å². The van der Waals surface area contributed by atoms with E-state index < -0.39 is 0 Å². The normalized spacial score (nSPS) is 24.1. The van der Waals surface area contributed by atoms with Crippen molar-refractivity contribution in [2.45, 2.75) is 76.5 Å². The van der Waals surface area contributed by atoms with E-state index in [1.807, 2.05) is 38.1 Å². The zero-order valence-electron chi connectivity index (χ0n) is 22.9. The molecule has 2 aromatic carbocycles. The van der Waals surface area contributed by atoms with Gasteiger partial charge in [-0.05, 0) is 56.7 Å². The molecule has 3 aliphatic rings. The van der Waals surface area contributed by atoms with E-state index in [-0.39, 0.29) is 29.6 Å². The number of nitrogens with one attached hydrogen (secondary N) is 1. The summed E-state index contributed by atoms with van der Waals surface area (Å²) in [5.41, 5.74) is 2.88. The lowest BCUT2D eigenvalue weighted by atomic mass is 9.94. The van der Waals surface area contributed by atoms with Gasteiger partial charge in [-0.1, -0.05) is 37.3 Å². The van der Waals surface area contributed by atoms with Crippen LogP contribution in [0.4, 0.5) is 4.39 Å². The number of aromatic nitrogens is 2. The van der Waals surface area contributed by atoms with Crippen molar-refractivity contribution < 1.29 is 14.0 Å². The highest BCUT2D eigenvalue weighted by Gasteiger charge is 2.42. The number of carbonyl (C=O) groups excluding carboxylic acids is 2. The molecule has 1 aromatic heterocycles. The highest BCUT2D eigenvalue weighted by atomic mass is 19.1. The largest absolute Gasteiger partial charge is 0.349 e. The standard InChI is InChI=1S/C31H38FN5O2/c1-3-30(38)35-18-22(19-35)31(39)34-27(21-7-5-4-6-8-21)13-14-36-24-10-11-25(36)17-26(16-24)37-20(2)33-28-15-23(32)9-12-29(28)37/h4-9,12,15,22,24-27H,3,10-11,13-14,16-19H2,1-2H3,(H,34,39)/t24-,25+,26-,27-/m0/s1. The third-order valence-corrected chi connectivity index (χ3v) is 9.15. The van der Waals surface area contributed by atoms with Crippen LogP contribution in [0.25, 0.3) is 11.0 Å². The van der Waals surface area contributed by atoms with E-state index in [9.17, 15) is 14.0 Å². The molecule has 3 fully saturated rings. The molecule has 0 unspecified atom stereocenters. The molecule has 0 saturated carbocycles. The Bertz CT molecular complexity index is 1340. The lowest BCUT2D eigenvalue weighted by Crippen LogP contribution is -2.56. The zero-order valence-corrected chi connectivity index (χ0v) is 22.9. The Morgan fingerprint density at radius 2 is 1.77 bits per heavy atom. The fraction of sp³-hybridized carbons (Fsp3) is 0.516. The summed E-state index contributed by atoms with van der Waals surface area (Å²) in [4.78, 5) is 34.1. The molecular formula is C31H38FN5O2. The number of piperidine rings is 1. The van der Waals surface area contributed by atoms with E-state index in [0.717, 1.165) is 48.2 Å². The molecule has 0 radical (unpaired) electrons. The molecule has 0 spiro atoms. The topological polar surface area (TPSA) is 70.5 Å². The highest BCUT2D eigenvalue weighted by Crippen LogP contribution is 2.42. The summed E-state index contributed by atoms with van der Waals surface area (Å²) < 4.78 is 16.1. The Morgan fingerprint density at radius 3 is 2.46 bits per heavy atom. The van der Waals surface area contributed by atoms with Crippen LogP contribution >= 0.6 is 0 Å². The average molecular weight is 532 g/mol. The summed E-state index contributed by atoms with van der Waals surface area (Å²) in [7, 11) is 0. The lowest BCUT2D eigenvalue weighted by Gasteiger charge is -2.41. The number of fused-ring (bicyclic) bond motifs is 3. The van der Waals surface area contributed by atoms with Crippen molar-refractivity contribution in [2.24, 2.45) is 5.92 Å². The SMILES string of the molecule is CCC(=O)N1CC(C(=O)N[C@@H](CCN2[C@@H]3CC[C@H]2C[C@H](n2c(C)nc4cc(F)ccc42)C3)c2ccccc2)C1. The van der Waals surface area contributed by atoms with Crippen molar-refractivity contribution >= 4 is 22.8 Å². The molecule has 2 amide bonds. The Morgan fingerprint density at radius 1 is 1.05 bits per heavy atom. The lowest BCUT2D eigenvalue weighted by molar-refractivity contribution is -0.143. The summed E-state index contributed by atoms with van der Waals surface area (Å²) in [5.74, 6) is 0.746. The first kappa shape index (κ1) is 26.0. The number of benzene rings is 2. The maximum atomic E-state index is 13.8. The van der Waals surface area contributed by atoms with E-state index in [1.54, 1.807) is 4.90 Å². The molecule has 0 aliphatic carbocycles. The number of imidazole rings is 1. The summed E-state index contributed by atoms with van der Waals surface area (Å²) in [6, 6.07) is 16.5. The number of aryl methyl sites for hydroxylation is 1. The predicted octanol–water partition coefficient (Wildman–Crippen LogP) is 4.77. The van der Waals surface area contributed by atoms with Gasteiger partial charge < -0.3 is 14.8 Å². The zero-order chi connectivity index (χ0) is 27.1. The minimum absolute atomic E-state index is 0.0459. The number of nitrogens with zero attached hydrogens (tertiary/aromatic N) is 4. The van der Waals surface area contributed by atoms with Crippen molar-refractivity contribution in [2.75, 3.05) is 19.6 Å². The maximum Gasteiger partial charge on any atom is 0.227 e. The van der Waals surface area contributed by atoms with Crippen molar-refractivity contribution in [3.8, 4) is 0 Å². The number of amides is 2. The third-order valence-electron chi connectivity index (χ3n) is 9.15. The molecule has 4 atom stereocenters. The average Bonchev–Trinajstić information content (AvgIpc) is 3.35. The summed E-state index contributed by atoms with van der Waals surface area (Å²) in [6.45, 7) is 5.86. The quantitative estimate of drug-likeness (QED) is 0.455. The van der Waals surface area contributed by atoms with Gasteiger partial charge in [-0.3, -0.25) is 14.5 Å². The first-order valence-corrected chi connectivity index (χ1v) is 14.4. The molecule has 7 nitrogen and oxygen atoms in total. The summed E-state index contributed by atoms with van der Waals surface area (Å²) >= 11 is 0. The van der Waals surface area contributed by atoms with Crippen molar-refractivity contribution in [3.05, 3.63) is 65.7 Å². The van der Waals surface area contributed by atoms with Gasteiger partial charge in [0.05, 0.1) is 23.0 Å². The number of likely N-dealkylation sites (tertiary alicyclic amines) is 1. The van der Waals surface area contributed by atoms with Crippen LogP contribution < -0.4 is 5.32 Å². The van der Waals surface area contributed by atoms with Crippen molar-refractivity contribution in [1.29, 1.82) is 0 Å². The second kappa shape index (κ2) is 10.7. The monoisotopic (exact) mass is 531 g/mol. The van der Waals surface area contributed by atoms with Crippen LogP contribution in [0.15, 0.2) is 48.5 Å². The van der Waals surface area contributed by atoms with Gasteiger partial charge in [-0.25, -0.2) is 9.37 Å². The van der Waals surface area contributed by atoms with E-state index >= 15 is 0 Å². The van der Waals surface area contributed by atoms with E-state index in [2.05, 4.69) is 31.9 Å². The minimum atomic E-state index is -0.244. The van der Waals surface area contributed by atoms with Crippen LogP contribution in [0.5, 0.6) is 0 Å². The van der Waals surface area contributed by atoms with Crippen LogP contribution in [0.3, 0.4) is 0 Å². The Balaban J connectivity index is 1.12. The summed E-state index contributed by atoms with van der Waals surface area (Å²) in [6.07, 6.45) is 5.83. The smallest absolute Gasteiger partial charge is 0.227 e. The van der Waals surface area contributed by atoms with Gasteiger partial charge in [0, 0.05) is 50.2 Å². The number of halogens is 1. The molecule has 3 saturated heterocycles. The van der Waals surface area contributed by atoms with Gasteiger partial charge in [0.1, 0.15) is 11.6 Å². The van der Waals surface area contributed by atoms with Crippen LogP contribution in [-0.4, -0.2) is 62.9 Å². The molecule has 206 valence electrons. The number of hydrogen-bond donors (Lipinski definition) is 1. The molecule has 8 heteroatoms. The van der Waals surface area contributed by atoms with Crippen LogP contribution in [0.1, 0.15) is 68.9 Å². The molecule has 3 aliphatic heterocycles. The van der Waals surface area contributed by atoms with Gasteiger partial charge in [-0.15, -0.1) is 0 Å².